The number of halogens is 1. The summed E-state index contributed by atoms with van der Waals surface area (Å²) in [5, 5.41) is 4.57. The first kappa shape index (κ1) is 13.7. The summed E-state index contributed by atoms with van der Waals surface area (Å²) in [6.45, 7) is 2.75. The molecule has 0 atom stereocenters. The lowest BCUT2D eigenvalue weighted by molar-refractivity contribution is 0.0972. The van der Waals surface area contributed by atoms with Crippen molar-refractivity contribution in [3.63, 3.8) is 0 Å². The Kier molecular flexibility index (Phi) is 4.68. The number of carbonyl (C=O) groups excluding carboxylic acids is 1. The maximum Gasteiger partial charge on any atom is 0.182 e. The molecule has 0 fully saturated rings. The first-order valence-electron chi connectivity index (χ1n) is 6.35. The van der Waals surface area contributed by atoms with Crippen LogP contribution in [0.3, 0.4) is 0 Å². The number of Topliss-reactive ketones (excluding diaryl/α,β-unsaturated/α-hetero) is 1. The van der Waals surface area contributed by atoms with Crippen molar-refractivity contribution in [2.45, 2.75) is 32.7 Å². The number of pyridine rings is 1. The summed E-state index contributed by atoms with van der Waals surface area (Å²) in [6, 6.07) is 3.83. The minimum atomic E-state index is 0.0276. The molecule has 0 saturated carbocycles. The summed E-state index contributed by atoms with van der Waals surface area (Å²) in [4.78, 5) is 16.3. The van der Waals surface area contributed by atoms with E-state index in [2.05, 4.69) is 10.1 Å². The molecule has 0 N–H and O–H groups in total. The van der Waals surface area contributed by atoms with E-state index in [1.807, 2.05) is 19.1 Å². The lowest BCUT2D eigenvalue weighted by Crippen LogP contribution is -2.11. The van der Waals surface area contributed by atoms with Crippen LogP contribution in [0.4, 0.5) is 0 Å². The Balaban J connectivity index is 2.06. The molecule has 0 saturated heterocycles. The molecule has 0 unspecified atom stereocenters. The second-order valence-corrected chi connectivity index (χ2v) is 4.76. The highest BCUT2D eigenvalue weighted by molar-refractivity contribution is 6.33. The van der Waals surface area contributed by atoms with Gasteiger partial charge >= 0.3 is 0 Å². The minimum Gasteiger partial charge on any atom is -0.292 e. The van der Waals surface area contributed by atoms with Gasteiger partial charge in [-0.15, -0.1) is 0 Å². The summed E-state index contributed by atoms with van der Waals surface area (Å²) in [7, 11) is 0. The Hall–Kier alpha value is -1.68. The van der Waals surface area contributed by atoms with Crippen molar-refractivity contribution in [2.24, 2.45) is 0 Å². The molecule has 100 valence electrons. The van der Waals surface area contributed by atoms with Crippen molar-refractivity contribution in [1.29, 1.82) is 0 Å². The number of nitrogens with zero attached hydrogens (tertiary/aromatic N) is 3. The molecule has 0 aliphatic carbocycles. The molecule has 2 aromatic heterocycles. The minimum absolute atomic E-state index is 0.0276. The highest BCUT2D eigenvalue weighted by Crippen LogP contribution is 2.18. The zero-order valence-corrected chi connectivity index (χ0v) is 11.6. The number of aryl methyl sites for hydroxylation is 2. The van der Waals surface area contributed by atoms with Gasteiger partial charge in [-0.05, 0) is 24.5 Å². The van der Waals surface area contributed by atoms with Crippen LogP contribution in [0.15, 0.2) is 30.7 Å². The summed E-state index contributed by atoms with van der Waals surface area (Å²) in [6.07, 6.45) is 7.04. The maximum atomic E-state index is 12.2. The Labute approximate surface area is 117 Å². The van der Waals surface area contributed by atoms with E-state index in [4.69, 9.17) is 11.6 Å². The Bertz CT molecular complexity index is 551. The summed E-state index contributed by atoms with van der Waals surface area (Å²) < 4.78 is 1.69. The van der Waals surface area contributed by atoms with Crippen LogP contribution in [0.2, 0.25) is 5.02 Å². The Morgan fingerprint density at radius 3 is 2.95 bits per heavy atom. The standard InChI is InChI=1S/C14H16ClN3O/c1-2-8-18-14(12(15)10-17-18)13(19)6-5-11-4-3-7-16-9-11/h3-4,7,9-10H,2,5-6,8H2,1H3. The Morgan fingerprint density at radius 2 is 2.26 bits per heavy atom. The third kappa shape index (κ3) is 3.41. The van der Waals surface area contributed by atoms with Crippen molar-refractivity contribution in [3.8, 4) is 0 Å². The van der Waals surface area contributed by atoms with E-state index >= 15 is 0 Å². The van der Waals surface area contributed by atoms with E-state index < -0.39 is 0 Å². The molecule has 2 rings (SSSR count). The molecule has 0 radical (unpaired) electrons. The number of carbonyl (C=O) groups is 1. The van der Waals surface area contributed by atoms with Gasteiger partial charge in [-0.25, -0.2) is 0 Å². The fraction of sp³-hybridized carbons (Fsp3) is 0.357. The van der Waals surface area contributed by atoms with Crippen LogP contribution in [0, 0.1) is 0 Å². The molecular weight excluding hydrogens is 262 g/mol. The smallest absolute Gasteiger partial charge is 0.182 e. The van der Waals surface area contributed by atoms with Crippen LogP contribution >= 0.6 is 11.6 Å². The number of hydrogen-bond acceptors (Lipinski definition) is 3. The SMILES string of the molecule is CCCn1ncc(Cl)c1C(=O)CCc1cccnc1. The third-order valence-corrected chi connectivity index (χ3v) is 3.13. The lowest BCUT2D eigenvalue weighted by Gasteiger charge is -2.06. The average Bonchev–Trinajstić information content (AvgIpc) is 2.79. The van der Waals surface area contributed by atoms with E-state index in [1.54, 1.807) is 17.1 Å². The van der Waals surface area contributed by atoms with Crippen LogP contribution in [-0.2, 0) is 13.0 Å². The largest absolute Gasteiger partial charge is 0.292 e. The molecule has 0 aliphatic rings. The number of rotatable bonds is 6. The first-order chi connectivity index (χ1) is 9.22. The van der Waals surface area contributed by atoms with Gasteiger partial charge < -0.3 is 0 Å². The summed E-state index contributed by atoms with van der Waals surface area (Å²) >= 11 is 6.04. The molecule has 19 heavy (non-hydrogen) atoms. The van der Waals surface area contributed by atoms with Gasteiger partial charge in [0.25, 0.3) is 0 Å². The van der Waals surface area contributed by atoms with E-state index in [0.29, 0.717) is 30.1 Å². The van der Waals surface area contributed by atoms with Crippen molar-refractivity contribution in [3.05, 3.63) is 47.0 Å². The van der Waals surface area contributed by atoms with E-state index in [-0.39, 0.29) is 5.78 Å². The van der Waals surface area contributed by atoms with Gasteiger partial charge in [0.2, 0.25) is 0 Å². The predicted octanol–water partition coefficient (Wildman–Crippen LogP) is 3.16. The molecule has 0 bridgehead atoms. The highest BCUT2D eigenvalue weighted by Gasteiger charge is 2.16. The fourth-order valence-electron chi connectivity index (χ4n) is 1.94. The zero-order valence-electron chi connectivity index (χ0n) is 10.8. The molecule has 2 aromatic rings. The first-order valence-corrected chi connectivity index (χ1v) is 6.73. The van der Waals surface area contributed by atoms with Gasteiger partial charge in [0.05, 0.1) is 11.2 Å². The quantitative estimate of drug-likeness (QED) is 0.762. The van der Waals surface area contributed by atoms with Crippen LogP contribution in [0.25, 0.3) is 0 Å². The van der Waals surface area contributed by atoms with Crippen molar-refractivity contribution >= 4 is 17.4 Å². The molecule has 5 heteroatoms. The summed E-state index contributed by atoms with van der Waals surface area (Å²) in [5.41, 5.74) is 1.57. The Morgan fingerprint density at radius 1 is 1.42 bits per heavy atom. The van der Waals surface area contributed by atoms with Gasteiger partial charge in [-0.3, -0.25) is 14.5 Å². The van der Waals surface area contributed by atoms with E-state index in [1.165, 1.54) is 6.20 Å². The predicted molar refractivity (Wildman–Crippen MR) is 74.4 cm³/mol. The van der Waals surface area contributed by atoms with Gasteiger partial charge in [0.15, 0.2) is 5.78 Å². The third-order valence-electron chi connectivity index (χ3n) is 2.86. The van der Waals surface area contributed by atoms with Crippen molar-refractivity contribution in [1.82, 2.24) is 14.8 Å². The molecular formula is C14H16ClN3O. The molecule has 0 aliphatic heterocycles. The highest BCUT2D eigenvalue weighted by atomic mass is 35.5. The maximum absolute atomic E-state index is 12.2. The molecule has 2 heterocycles. The molecule has 0 spiro atoms. The van der Waals surface area contributed by atoms with Crippen molar-refractivity contribution < 1.29 is 4.79 Å². The van der Waals surface area contributed by atoms with E-state index in [0.717, 1.165) is 12.0 Å². The second kappa shape index (κ2) is 6.48. The number of ketones is 1. The number of hydrogen-bond donors (Lipinski definition) is 0. The number of aromatic nitrogens is 3. The molecule has 0 aromatic carbocycles. The topological polar surface area (TPSA) is 47.8 Å². The molecule has 0 amide bonds. The van der Waals surface area contributed by atoms with Crippen LogP contribution < -0.4 is 0 Å². The van der Waals surface area contributed by atoms with Gasteiger partial charge in [0.1, 0.15) is 5.69 Å². The zero-order chi connectivity index (χ0) is 13.7. The normalized spacial score (nSPS) is 10.6. The monoisotopic (exact) mass is 277 g/mol. The fourth-order valence-corrected chi connectivity index (χ4v) is 2.19. The van der Waals surface area contributed by atoms with Crippen molar-refractivity contribution in [2.75, 3.05) is 0 Å². The van der Waals surface area contributed by atoms with E-state index in [9.17, 15) is 4.79 Å². The van der Waals surface area contributed by atoms with Crippen LogP contribution in [0.5, 0.6) is 0 Å². The van der Waals surface area contributed by atoms with Crippen LogP contribution in [0.1, 0.15) is 35.8 Å². The second-order valence-electron chi connectivity index (χ2n) is 4.35. The van der Waals surface area contributed by atoms with Gasteiger partial charge in [-0.1, -0.05) is 24.6 Å². The van der Waals surface area contributed by atoms with Gasteiger partial charge in [-0.2, -0.15) is 5.10 Å². The average molecular weight is 278 g/mol. The lowest BCUT2D eigenvalue weighted by atomic mass is 10.1. The van der Waals surface area contributed by atoms with Gasteiger partial charge in [0, 0.05) is 25.4 Å². The molecule has 4 nitrogen and oxygen atoms in total. The summed E-state index contributed by atoms with van der Waals surface area (Å²) in [5.74, 6) is 0.0276. The van der Waals surface area contributed by atoms with Crippen LogP contribution in [-0.4, -0.2) is 20.5 Å².